The number of aryl methyl sites for hydroxylation is 2. The highest BCUT2D eigenvalue weighted by Gasteiger charge is 2.25. The van der Waals surface area contributed by atoms with Crippen molar-refractivity contribution < 1.29 is 14.3 Å². The predicted octanol–water partition coefficient (Wildman–Crippen LogP) is 2.35. The lowest BCUT2D eigenvalue weighted by Crippen LogP contribution is -2.28. The summed E-state index contributed by atoms with van der Waals surface area (Å²) in [5, 5.41) is 2.80. The van der Waals surface area contributed by atoms with Gasteiger partial charge in [-0.05, 0) is 44.5 Å². The van der Waals surface area contributed by atoms with E-state index in [1.165, 1.54) is 0 Å². The molecule has 6 nitrogen and oxygen atoms in total. The molecule has 1 aromatic carbocycles. The summed E-state index contributed by atoms with van der Waals surface area (Å²) in [6.45, 7) is 7.47. The number of hydrogen-bond donors (Lipinski definition) is 2. The molecule has 1 unspecified atom stereocenters. The van der Waals surface area contributed by atoms with Gasteiger partial charge in [-0.3, -0.25) is 9.59 Å². The zero-order chi connectivity index (χ0) is 17.4. The van der Waals surface area contributed by atoms with E-state index in [2.05, 4.69) is 10.3 Å². The molecule has 24 heavy (non-hydrogen) atoms. The van der Waals surface area contributed by atoms with Gasteiger partial charge in [-0.15, -0.1) is 0 Å². The summed E-state index contributed by atoms with van der Waals surface area (Å²) in [7, 11) is 0. The number of ether oxygens (including phenoxy) is 2. The summed E-state index contributed by atoms with van der Waals surface area (Å²) >= 11 is 0. The van der Waals surface area contributed by atoms with Gasteiger partial charge in [-0.1, -0.05) is 0 Å². The fourth-order valence-electron chi connectivity index (χ4n) is 2.89. The lowest BCUT2D eigenvalue weighted by molar-refractivity contribution is 0.0674. The maximum atomic E-state index is 12.5. The Hall–Kier alpha value is -2.76. The zero-order valence-electron chi connectivity index (χ0n) is 14.1. The van der Waals surface area contributed by atoms with Gasteiger partial charge in [0.2, 0.25) is 6.29 Å². The van der Waals surface area contributed by atoms with E-state index in [0.29, 0.717) is 22.6 Å². The summed E-state index contributed by atoms with van der Waals surface area (Å²) in [6, 6.07) is 5.32. The largest absolute Gasteiger partial charge is 0.451 e. The van der Waals surface area contributed by atoms with Crippen molar-refractivity contribution >= 4 is 5.91 Å². The van der Waals surface area contributed by atoms with Crippen LogP contribution >= 0.6 is 0 Å². The van der Waals surface area contributed by atoms with Crippen molar-refractivity contribution in [1.29, 1.82) is 0 Å². The molecule has 0 bridgehead atoms. The molecule has 0 fully saturated rings. The van der Waals surface area contributed by atoms with E-state index in [4.69, 9.17) is 9.47 Å². The summed E-state index contributed by atoms with van der Waals surface area (Å²) in [6.07, 6.45) is -0.356. The second kappa shape index (κ2) is 6.03. The Morgan fingerprint density at radius 3 is 2.71 bits per heavy atom. The quantitative estimate of drug-likeness (QED) is 0.906. The zero-order valence-corrected chi connectivity index (χ0v) is 14.1. The molecule has 0 saturated heterocycles. The van der Waals surface area contributed by atoms with Crippen molar-refractivity contribution in [2.24, 2.45) is 0 Å². The van der Waals surface area contributed by atoms with Gasteiger partial charge in [0, 0.05) is 35.9 Å². The number of aromatic nitrogens is 1. The number of aromatic amines is 1. The van der Waals surface area contributed by atoms with Crippen molar-refractivity contribution in [3.63, 3.8) is 0 Å². The van der Waals surface area contributed by atoms with E-state index in [9.17, 15) is 9.59 Å². The number of carbonyl (C=O) groups is 1. The van der Waals surface area contributed by atoms with Gasteiger partial charge in [0.05, 0.1) is 0 Å². The van der Waals surface area contributed by atoms with Crippen LogP contribution in [0.25, 0.3) is 0 Å². The molecule has 0 aliphatic carbocycles. The molecule has 1 amide bonds. The Labute approximate surface area is 139 Å². The third-order valence-corrected chi connectivity index (χ3v) is 4.11. The molecule has 2 N–H and O–H groups in total. The second-order valence-electron chi connectivity index (χ2n) is 5.99. The smallest absolute Gasteiger partial charge is 0.253 e. The predicted molar refractivity (Wildman–Crippen MR) is 89.6 cm³/mol. The first-order valence-corrected chi connectivity index (χ1v) is 7.81. The van der Waals surface area contributed by atoms with Crippen LogP contribution in [0.3, 0.4) is 0 Å². The molecule has 0 radical (unpaired) electrons. The van der Waals surface area contributed by atoms with Crippen LogP contribution in [-0.4, -0.2) is 17.2 Å². The molecule has 126 valence electrons. The fourth-order valence-corrected chi connectivity index (χ4v) is 2.89. The van der Waals surface area contributed by atoms with Gasteiger partial charge < -0.3 is 19.8 Å². The van der Waals surface area contributed by atoms with E-state index in [0.717, 1.165) is 16.8 Å². The fraction of sp³-hybridized carbons (Fsp3) is 0.333. The van der Waals surface area contributed by atoms with Crippen molar-refractivity contribution in [2.75, 3.05) is 0 Å². The average Bonchev–Trinajstić information content (AvgIpc) is 2.87. The van der Waals surface area contributed by atoms with Crippen LogP contribution in [0.15, 0.2) is 23.0 Å². The van der Waals surface area contributed by atoms with Crippen LogP contribution < -0.4 is 20.3 Å². The van der Waals surface area contributed by atoms with Gasteiger partial charge >= 0.3 is 0 Å². The molecule has 1 aliphatic rings. The van der Waals surface area contributed by atoms with Gasteiger partial charge in [-0.25, -0.2) is 0 Å². The van der Waals surface area contributed by atoms with E-state index < -0.39 is 0 Å². The average molecular weight is 328 g/mol. The van der Waals surface area contributed by atoms with E-state index in [-0.39, 0.29) is 24.3 Å². The summed E-state index contributed by atoms with van der Waals surface area (Å²) < 4.78 is 11.1. The van der Waals surface area contributed by atoms with Crippen LogP contribution in [0, 0.1) is 20.8 Å². The van der Waals surface area contributed by atoms with Crippen molar-refractivity contribution in [3.05, 3.63) is 56.5 Å². The molecule has 2 aromatic rings. The van der Waals surface area contributed by atoms with Crippen LogP contribution in [-0.2, 0) is 6.54 Å². The summed E-state index contributed by atoms with van der Waals surface area (Å²) in [5.74, 6) is 0.986. The van der Waals surface area contributed by atoms with Crippen LogP contribution in [0.5, 0.6) is 11.5 Å². The molecule has 0 spiro atoms. The van der Waals surface area contributed by atoms with E-state index >= 15 is 0 Å². The minimum Gasteiger partial charge on any atom is -0.451 e. The lowest BCUT2D eigenvalue weighted by atomic mass is 10.1. The second-order valence-corrected chi connectivity index (χ2v) is 5.99. The minimum absolute atomic E-state index is 0.171. The molecule has 2 heterocycles. The maximum absolute atomic E-state index is 12.5. The Morgan fingerprint density at radius 1 is 1.25 bits per heavy atom. The normalized spacial score (nSPS) is 15.4. The van der Waals surface area contributed by atoms with E-state index in [1.807, 2.05) is 26.8 Å². The van der Waals surface area contributed by atoms with Crippen LogP contribution in [0.1, 0.15) is 39.7 Å². The van der Waals surface area contributed by atoms with Crippen molar-refractivity contribution in [3.8, 4) is 11.5 Å². The molecule has 1 atom stereocenters. The number of benzene rings is 1. The molecule has 0 saturated carbocycles. The minimum atomic E-state index is -0.356. The van der Waals surface area contributed by atoms with Gasteiger partial charge in [0.1, 0.15) is 0 Å². The molecule has 1 aliphatic heterocycles. The van der Waals surface area contributed by atoms with Crippen molar-refractivity contribution in [1.82, 2.24) is 10.3 Å². The highest BCUT2D eigenvalue weighted by molar-refractivity contribution is 5.96. The first-order valence-electron chi connectivity index (χ1n) is 7.81. The highest BCUT2D eigenvalue weighted by atomic mass is 16.7. The maximum Gasteiger partial charge on any atom is 0.253 e. The number of hydrogen-bond acceptors (Lipinski definition) is 4. The third kappa shape index (κ3) is 2.87. The topological polar surface area (TPSA) is 80.4 Å². The molecule has 6 heteroatoms. The SMILES string of the molecule is Cc1cc(C)c(CNC(=O)c2ccc3c(c2C)OC(C)O3)c(=O)[nH]1. The Balaban J connectivity index is 1.80. The van der Waals surface area contributed by atoms with Gasteiger partial charge in [-0.2, -0.15) is 0 Å². The van der Waals surface area contributed by atoms with Crippen molar-refractivity contribution in [2.45, 2.75) is 40.5 Å². The molecule has 3 rings (SSSR count). The monoisotopic (exact) mass is 328 g/mol. The molecular formula is C18H20N2O4. The summed E-state index contributed by atoms with van der Waals surface area (Å²) in [5.41, 5.74) is 3.27. The van der Waals surface area contributed by atoms with Gasteiger partial charge in [0.25, 0.3) is 11.5 Å². The summed E-state index contributed by atoms with van der Waals surface area (Å²) in [4.78, 5) is 27.3. The van der Waals surface area contributed by atoms with Gasteiger partial charge in [0.15, 0.2) is 11.5 Å². The number of carbonyl (C=O) groups excluding carboxylic acids is 1. The number of amides is 1. The number of rotatable bonds is 3. The third-order valence-electron chi connectivity index (χ3n) is 4.11. The standard InChI is InChI=1S/C18H20N2O4/c1-9-7-10(2)20-18(22)14(9)8-19-17(21)13-5-6-15-16(11(13)3)24-12(4)23-15/h5-7,12H,8H2,1-4H3,(H,19,21)(H,20,22). The molecule has 1 aromatic heterocycles. The Morgan fingerprint density at radius 2 is 2.00 bits per heavy atom. The highest BCUT2D eigenvalue weighted by Crippen LogP contribution is 2.39. The van der Waals surface area contributed by atoms with Crippen LogP contribution in [0.4, 0.5) is 0 Å². The number of pyridine rings is 1. The number of nitrogens with one attached hydrogen (secondary N) is 2. The number of H-pyrrole nitrogens is 1. The first kappa shape index (κ1) is 16.1. The Bertz CT molecular complexity index is 870. The number of fused-ring (bicyclic) bond motifs is 1. The van der Waals surface area contributed by atoms with Crippen LogP contribution in [0.2, 0.25) is 0 Å². The Kier molecular flexibility index (Phi) is 4.05. The first-order chi connectivity index (χ1) is 11.4. The molecular weight excluding hydrogens is 308 g/mol. The lowest BCUT2D eigenvalue weighted by Gasteiger charge is -2.11. The van der Waals surface area contributed by atoms with E-state index in [1.54, 1.807) is 19.1 Å².